The molecule has 1 aliphatic rings. The minimum Gasteiger partial charge on any atom is -0.356 e. The van der Waals surface area contributed by atoms with Gasteiger partial charge < -0.3 is 20.9 Å². The summed E-state index contributed by atoms with van der Waals surface area (Å²) < 4.78 is 0.992. The molecule has 0 atom stereocenters. The predicted octanol–water partition coefficient (Wildman–Crippen LogP) is 2.43. The number of piperidine rings is 1. The molecule has 0 aromatic heterocycles. The first kappa shape index (κ1) is 19.7. The highest BCUT2D eigenvalue weighted by molar-refractivity contribution is 9.10. The van der Waals surface area contributed by atoms with Crippen molar-refractivity contribution in [3.63, 3.8) is 0 Å². The Bertz CT molecular complexity index is 555. The molecule has 0 unspecified atom stereocenters. The smallest absolute Gasteiger partial charge is 0.226 e. The summed E-state index contributed by atoms with van der Waals surface area (Å²) in [7, 11) is 1.75. The van der Waals surface area contributed by atoms with Crippen molar-refractivity contribution in [3.05, 3.63) is 28.7 Å². The third-order valence-electron chi connectivity index (χ3n) is 4.17. The zero-order valence-electron chi connectivity index (χ0n) is 14.9. The molecular weight excluding hydrogens is 382 g/mol. The molecule has 1 aliphatic heterocycles. The lowest BCUT2D eigenvalue weighted by molar-refractivity contribution is -0.116. The second kappa shape index (κ2) is 11.1. The molecule has 0 bridgehead atoms. The minimum absolute atomic E-state index is 0.0152. The Balaban J connectivity index is 1.59. The van der Waals surface area contributed by atoms with Gasteiger partial charge in [0.25, 0.3) is 0 Å². The lowest BCUT2D eigenvalue weighted by Gasteiger charge is -2.26. The summed E-state index contributed by atoms with van der Waals surface area (Å²) >= 11 is 3.38. The van der Waals surface area contributed by atoms with E-state index in [-0.39, 0.29) is 5.91 Å². The van der Waals surface area contributed by atoms with Gasteiger partial charge in [-0.2, -0.15) is 0 Å². The van der Waals surface area contributed by atoms with Crippen LogP contribution in [0.25, 0.3) is 0 Å². The van der Waals surface area contributed by atoms with E-state index in [1.165, 1.54) is 32.4 Å². The fourth-order valence-corrected chi connectivity index (χ4v) is 3.05. The number of carbonyl (C=O) groups excluding carboxylic acids is 1. The lowest BCUT2D eigenvalue weighted by atomic mass is 10.1. The van der Waals surface area contributed by atoms with Gasteiger partial charge in [-0.3, -0.25) is 9.79 Å². The monoisotopic (exact) mass is 409 g/mol. The molecule has 7 heteroatoms. The van der Waals surface area contributed by atoms with Gasteiger partial charge in [0.15, 0.2) is 5.96 Å². The minimum atomic E-state index is -0.0152. The third-order valence-corrected chi connectivity index (χ3v) is 4.69. The predicted molar refractivity (Wildman–Crippen MR) is 107 cm³/mol. The molecule has 1 aromatic carbocycles. The maximum absolute atomic E-state index is 12.0. The highest BCUT2D eigenvalue weighted by Gasteiger charge is 2.09. The zero-order valence-corrected chi connectivity index (χ0v) is 16.4. The van der Waals surface area contributed by atoms with Crippen molar-refractivity contribution in [2.75, 3.05) is 45.1 Å². The van der Waals surface area contributed by atoms with E-state index in [0.29, 0.717) is 13.0 Å². The van der Waals surface area contributed by atoms with E-state index in [1.807, 2.05) is 24.3 Å². The maximum atomic E-state index is 12.0. The highest BCUT2D eigenvalue weighted by Crippen LogP contribution is 2.14. The van der Waals surface area contributed by atoms with Gasteiger partial charge in [-0.15, -0.1) is 0 Å². The first-order valence-corrected chi connectivity index (χ1v) is 9.69. The van der Waals surface area contributed by atoms with Gasteiger partial charge in [-0.25, -0.2) is 0 Å². The fourth-order valence-electron chi connectivity index (χ4n) is 2.79. The number of rotatable bonds is 7. The van der Waals surface area contributed by atoms with Crippen LogP contribution in [0.2, 0.25) is 0 Å². The highest BCUT2D eigenvalue weighted by atomic mass is 79.9. The number of hydrogen-bond acceptors (Lipinski definition) is 3. The lowest BCUT2D eigenvalue weighted by Crippen LogP contribution is -2.43. The summed E-state index contributed by atoms with van der Waals surface area (Å²) in [5, 5.41) is 9.37. The molecule has 3 N–H and O–H groups in total. The van der Waals surface area contributed by atoms with Crippen LogP contribution in [0.4, 0.5) is 5.69 Å². The van der Waals surface area contributed by atoms with Gasteiger partial charge in [-0.1, -0.05) is 22.4 Å². The average molecular weight is 410 g/mol. The maximum Gasteiger partial charge on any atom is 0.226 e. The van der Waals surface area contributed by atoms with Gasteiger partial charge >= 0.3 is 0 Å². The molecule has 0 saturated carbocycles. The van der Waals surface area contributed by atoms with E-state index < -0.39 is 0 Å². The van der Waals surface area contributed by atoms with Crippen LogP contribution in [0.3, 0.4) is 0 Å². The molecule has 1 fully saturated rings. The van der Waals surface area contributed by atoms with Crippen molar-refractivity contribution in [3.8, 4) is 0 Å². The second-order valence-corrected chi connectivity index (χ2v) is 7.05. The molecule has 6 nitrogen and oxygen atoms in total. The second-order valence-electron chi connectivity index (χ2n) is 6.13. The van der Waals surface area contributed by atoms with Crippen molar-refractivity contribution in [2.45, 2.75) is 25.7 Å². The van der Waals surface area contributed by atoms with Crippen LogP contribution < -0.4 is 16.0 Å². The van der Waals surface area contributed by atoms with Crippen molar-refractivity contribution in [1.29, 1.82) is 0 Å². The van der Waals surface area contributed by atoms with Crippen LogP contribution in [-0.2, 0) is 4.79 Å². The Morgan fingerprint density at radius 3 is 2.48 bits per heavy atom. The molecule has 2 rings (SSSR count). The standard InChI is InChI=1S/C18H28BrN5O/c1-20-18(22-11-14-24-12-3-2-4-13-24)21-10-9-17(25)23-16-7-5-15(19)6-8-16/h5-8H,2-4,9-14H2,1H3,(H,23,25)(H2,20,21,22). The number of amides is 1. The quantitative estimate of drug-likeness (QED) is 0.477. The fraction of sp³-hybridized carbons (Fsp3) is 0.556. The van der Waals surface area contributed by atoms with Gasteiger partial charge in [0.1, 0.15) is 0 Å². The summed E-state index contributed by atoms with van der Waals surface area (Å²) in [4.78, 5) is 18.6. The number of halogens is 1. The Morgan fingerprint density at radius 1 is 1.12 bits per heavy atom. The number of nitrogens with one attached hydrogen (secondary N) is 3. The molecule has 0 aliphatic carbocycles. The van der Waals surface area contributed by atoms with Crippen LogP contribution in [0, 0.1) is 0 Å². The molecular formula is C18H28BrN5O. The summed E-state index contributed by atoms with van der Waals surface area (Å²) in [5.41, 5.74) is 0.803. The molecule has 0 spiro atoms. The number of hydrogen-bond donors (Lipinski definition) is 3. The Kier molecular flexibility index (Phi) is 8.76. The largest absolute Gasteiger partial charge is 0.356 e. The van der Waals surface area contributed by atoms with E-state index in [0.717, 1.165) is 29.2 Å². The van der Waals surface area contributed by atoms with Crippen LogP contribution >= 0.6 is 15.9 Å². The van der Waals surface area contributed by atoms with Crippen molar-refractivity contribution in [2.24, 2.45) is 4.99 Å². The summed E-state index contributed by atoms with van der Waals surface area (Å²) in [6.07, 6.45) is 4.36. The van der Waals surface area contributed by atoms with Gasteiger partial charge in [0.2, 0.25) is 5.91 Å². The average Bonchev–Trinajstić information content (AvgIpc) is 2.63. The Labute approximate surface area is 158 Å². The topological polar surface area (TPSA) is 68.8 Å². The summed E-state index contributed by atoms with van der Waals surface area (Å²) in [6.45, 7) is 4.84. The Hall–Kier alpha value is -1.60. The normalized spacial score (nSPS) is 15.7. The van der Waals surface area contributed by atoms with E-state index >= 15 is 0 Å². The van der Waals surface area contributed by atoms with E-state index in [2.05, 4.69) is 41.8 Å². The van der Waals surface area contributed by atoms with Crippen LogP contribution in [0.5, 0.6) is 0 Å². The third kappa shape index (κ3) is 7.88. The molecule has 1 amide bonds. The summed E-state index contributed by atoms with van der Waals surface area (Å²) in [5.74, 6) is 0.729. The number of nitrogens with zero attached hydrogens (tertiary/aromatic N) is 2. The number of likely N-dealkylation sites (tertiary alicyclic amines) is 1. The summed E-state index contributed by atoms with van der Waals surface area (Å²) in [6, 6.07) is 7.55. The van der Waals surface area contributed by atoms with Crippen LogP contribution in [-0.4, -0.2) is 56.5 Å². The van der Waals surface area contributed by atoms with Gasteiger partial charge in [0, 0.05) is 43.3 Å². The van der Waals surface area contributed by atoms with Crippen molar-refractivity contribution in [1.82, 2.24) is 15.5 Å². The molecule has 1 aromatic rings. The van der Waals surface area contributed by atoms with E-state index in [1.54, 1.807) is 7.05 Å². The van der Waals surface area contributed by atoms with Crippen LogP contribution in [0.15, 0.2) is 33.7 Å². The van der Waals surface area contributed by atoms with Crippen molar-refractivity contribution >= 4 is 33.5 Å². The Morgan fingerprint density at radius 2 is 1.80 bits per heavy atom. The van der Waals surface area contributed by atoms with E-state index in [9.17, 15) is 4.79 Å². The zero-order chi connectivity index (χ0) is 17.9. The number of aliphatic imine (C=N–C) groups is 1. The van der Waals surface area contributed by atoms with Gasteiger partial charge in [0.05, 0.1) is 0 Å². The van der Waals surface area contributed by atoms with Gasteiger partial charge in [-0.05, 0) is 50.2 Å². The molecule has 0 radical (unpaired) electrons. The number of guanidine groups is 1. The van der Waals surface area contributed by atoms with Crippen LogP contribution in [0.1, 0.15) is 25.7 Å². The molecule has 25 heavy (non-hydrogen) atoms. The molecule has 138 valence electrons. The van der Waals surface area contributed by atoms with Crippen molar-refractivity contribution < 1.29 is 4.79 Å². The first-order valence-electron chi connectivity index (χ1n) is 8.89. The molecule has 1 saturated heterocycles. The SMILES string of the molecule is CN=C(NCCC(=O)Nc1ccc(Br)cc1)NCCN1CCCCC1. The number of carbonyl (C=O) groups is 1. The first-order chi connectivity index (χ1) is 12.2. The van der Waals surface area contributed by atoms with E-state index in [4.69, 9.17) is 0 Å². The number of anilines is 1. The molecule has 1 heterocycles. The number of benzene rings is 1.